The van der Waals surface area contributed by atoms with Gasteiger partial charge in [0.25, 0.3) is 11.5 Å². The monoisotopic (exact) mass is 454 g/mol. The number of hydrazone groups is 1. The fourth-order valence-corrected chi connectivity index (χ4v) is 5.20. The zero-order chi connectivity index (χ0) is 20.7. The summed E-state index contributed by atoms with van der Waals surface area (Å²) < 4.78 is 1.31. The van der Waals surface area contributed by atoms with E-state index in [4.69, 9.17) is 11.6 Å². The van der Waals surface area contributed by atoms with E-state index in [2.05, 4.69) is 10.1 Å². The second-order valence-electron chi connectivity index (χ2n) is 6.84. The van der Waals surface area contributed by atoms with Gasteiger partial charge in [-0.2, -0.15) is 5.10 Å². The smallest absolute Gasteiger partial charge is 0.263 e. The quantitative estimate of drug-likeness (QED) is 0.454. The van der Waals surface area contributed by atoms with Gasteiger partial charge in [-0.3, -0.25) is 14.2 Å². The van der Waals surface area contributed by atoms with Gasteiger partial charge in [-0.25, -0.2) is 9.99 Å². The zero-order valence-corrected chi connectivity index (χ0v) is 18.0. The summed E-state index contributed by atoms with van der Waals surface area (Å²) in [5, 5.41) is 11.0. The van der Waals surface area contributed by atoms with Crippen molar-refractivity contribution in [2.24, 2.45) is 5.10 Å². The van der Waals surface area contributed by atoms with E-state index in [0.717, 1.165) is 15.5 Å². The lowest BCUT2D eigenvalue weighted by Crippen LogP contribution is -2.33. The molecule has 0 bridgehead atoms. The Morgan fingerprint density at radius 3 is 2.77 bits per heavy atom. The molecule has 3 aromatic heterocycles. The first-order valence-corrected chi connectivity index (χ1v) is 11.4. The van der Waals surface area contributed by atoms with Gasteiger partial charge >= 0.3 is 0 Å². The van der Waals surface area contributed by atoms with Gasteiger partial charge in [0.1, 0.15) is 6.54 Å². The lowest BCUT2D eigenvalue weighted by atomic mass is 10.1. The molecule has 0 saturated carbocycles. The van der Waals surface area contributed by atoms with Gasteiger partial charge in [0.05, 0.1) is 33.9 Å². The van der Waals surface area contributed by atoms with Crippen LogP contribution in [-0.2, 0) is 11.3 Å². The van der Waals surface area contributed by atoms with Crippen LogP contribution in [-0.4, -0.2) is 26.2 Å². The summed E-state index contributed by atoms with van der Waals surface area (Å²) in [6.07, 6.45) is 2.05. The Morgan fingerprint density at radius 2 is 2.00 bits per heavy atom. The molecule has 6 nitrogen and oxygen atoms in total. The number of carbonyl (C=O) groups is 1. The molecule has 1 atom stereocenters. The van der Waals surface area contributed by atoms with Crippen LogP contribution in [0.4, 0.5) is 0 Å². The van der Waals surface area contributed by atoms with E-state index in [-0.39, 0.29) is 24.1 Å². The second-order valence-corrected chi connectivity index (χ2v) is 9.20. The summed E-state index contributed by atoms with van der Waals surface area (Å²) in [4.78, 5) is 32.5. The van der Waals surface area contributed by atoms with Crippen molar-refractivity contribution < 1.29 is 4.79 Å². The van der Waals surface area contributed by atoms with E-state index in [9.17, 15) is 9.59 Å². The Morgan fingerprint density at radius 1 is 1.17 bits per heavy atom. The van der Waals surface area contributed by atoms with Crippen LogP contribution in [0.2, 0.25) is 5.02 Å². The Labute approximate surface area is 184 Å². The molecule has 30 heavy (non-hydrogen) atoms. The van der Waals surface area contributed by atoms with Gasteiger partial charge in [0.15, 0.2) is 0 Å². The standard InChI is InChI=1S/C21H15ClN4O2S2/c22-13-5-6-15-14(9-13)21(28)25(12-23-15)11-20(27)26-17(19-4-2-8-30-19)10-16(24-26)18-3-1-7-29-18/h1-9,12,17H,10-11H2/t17-/m1/s1. The van der Waals surface area contributed by atoms with Gasteiger partial charge < -0.3 is 0 Å². The van der Waals surface area contributed by atoms with E-state index in [1.165, 1.54) is 15.9 Å². The minimum Gasteiger partial charge on any atom is -0.289 e. The number of nitrogens with zero attached hydrogens (tertiary/aromatic N) is 4. The zero-order valence-electron chi connectivity index (χ0n) is 15.6. The Kier molecular flexibility index (Phi) is 4.98. The van der Waals surface area contributed by atoms with E-state index in [0.29, 0.717) is 22.3 Å². The van der Waals surface area contributed by atoms with Crippen LogP contribution in [0.5, 0.6) is 0 Å². The molecule has 0 N–H and O–H groups in total. The number of amides is 1. The van der Waals surface area contributed by atoms with Crippen LogP contribution in [0.25, 0.3) is 10.9 Å². The number of hydrogen-bond donors (Lipinski definition) is 0. The van der Waals surface area contributed by atoms with Crippen LogP contribution < -0.4 is 5.56 Å². The van der Waals surface area contributed by atoms with Gasteiger partial charge in [0.2, 0.25) is 0 Å². The maximum Gasteiger partial charge on any atom is 0.263 e. The molecular weight excluding hydrogens is 440 g/mol. The molecule has 0 fully saturated rings. The molecule has 0 radical (unpaired) electrons. The molecule has 1 amide bonds. The predicted octanol–water partition coefficient (Wildman–Crippen LogP) is 4.55. The van der Waals surface area contributed by atoms with E-state index in [1.807, 2.05) is 35.0 Å². The Hall–Kier alpha value is -2.81. The summed E-state index contributed by atoms with van der Waals surface area (Å²) in [6, 6.07) is 12.7. The topological polar surface area (TPSA) is 67.6 Å². The molecule has 150 valence electrons. The molecule has 1 aliphatic rings. The van der Waals surface area contributed by atoms with Gasteiger partial charge in [0, 0.05) is 16.3 Å². The predicted molar refractivity (Wildman–Crippen MR) is 120 cm³/mol. The highest BCUT2D eigenvalue weighted by Crippen LogP contribution is 2.36. The molecule has 0 saturated heterocycles. The summed E-state index contributed by atoms with van der Waals surface area (Å²) in [7, 11) is 0. The number of hydrogen-bond acceptors (Lipinski definition) is 6. The number of aromatic nitrogens is 2. The van der Waals surface area contributed by atoms with Crippen molar-refractivity contribution in [3.8, 4) is 0 Å². The first kappa shape index (κ1) is 19.2. The minimum atomic E-state index is -0.301. The molecule has 5 rings (SSSR count). The third-order valence-electron chi connectivity index (χ3n) is 4.93. The van der Waals surface area contributed by atoms with Crippen molar-refractivity contribution in [2.45, 2.75) is 19.0 Å². The van der Waals surface area contributed by atoms with Crippen molar-refractivity contribution >= 4 is 56.8 Å². The number of halogens is 1. The number of benzene rings is 1. The van der Waals surface area contributed by atoms with Crippen molar-refractivity contribution in [2.75, 3.05) is 0 Å². The number of rotatable bonds is 4. The maximum absolute atomic E-state index is 13.2. The lowest BCUT2D eigenvalue weighted by molar-refractivity contribution is -0.133. The van der Waals surface area contributed by atoms with Crippen molar-refractivity contribution in [3.63, 3.8) is 0 Å². The lowest BCUT2D eigenvalue weighted by Gasteiger charge is -2.21. The SMILES string of the molecule is O=C(Cn1cnc2ccc(Cl)cc2c1=O)N1N=C(c2cccs2)C[C@@H]1c1cccs1. The van der Waals surface area contributed by atoms with Crippen molar-refractivity contribution in [1.29, 1.82) is 0 Å². The summed E-state index contributed by atoms with van der Waals surface area (Å²) in [6.45, 7) is -0.141. The van der Waals surface area contributed by atoms with E-state index >= 15 is 0 Å². The molecule has 4 aromatic rings. The van der Waals surface area contributed by atoms with Crippen LogP contribution in [0.15, 0.2) is 69.4 Å². The average molecular weight is 455 g/mol. The minimum absolute atomic E-state index is 0.141. The fourth-order valence-electron chi connectivity index (χ4n) is 3.50. The van der Waals surface area contributed by atoms with Gasteiger partial charge in [-0.05, 0) is 41.1 Å². The van der Waals surface area contributed by atoms with Crippen LogP contribution in [0.1, 0.15) is 22.2 Å². The van der Waals surface area contributed by atoms with Crippen LogP contribution >= 0.6 is 34.3 Å². The number of fused-ring (bicyclic) bond motifs is 1. The fraction of sp³-hybridized carbons (Fsp3) is 0.143. The number of thiophene rings is 2. The Bertz CT molecular complexity index is 1310. The normalized spacial score (nSPS) is 16.2. The third-order valence-corrected chi connectivity index (χ3v) is 7.06. The number of carbonyl (C=O) groups excluding carboxylic acids is 1. The molecule has 0 spiro atoms. The highest BCUT2D eigenvalue weighted by Gasteiger charge is 2.34. The summed E-state index contributed by atoms with van der Waals surface area (Å²) in [5.41, 5.74) is 1.13. The van der Waals surface area contributed by atoms with Crippen LogP contribution in [0.3, 0.4) is 0 Å². The van der Waals surface area contributed by atoms with Crippen molar-refractivity contribution in [3.05, 3.63) is 84.7 Å². The molecule has 4 heterocycles. The highest BCUT2D eigenvalue weighted by molar-refractivity contribution is 7.12. The summed E-state index contributed by atoms with van der Waals surface area (Å²) in [5.74, 6) is -0.259. The van der Waals surface area contributed by atoms with Gasteiger partial charge in [-0.1, -0.05) is 23.7 Å². The van der Waals surface area contributed by atoms with Gasteiger partial charge in [-0.15, -0.1) is 22.7 Å². The molecule has 0 unspecified atom stereocenters. The summed E-state index contributed by atoms with van der Waals surface area (Å²) >= 11 is 9.22. The largest absolute Gasteiger partial charge is 0.289 e. The molecule has 1 aliphatic heterocycles. The second kappa shape index (κ2) is 7.79. The first-order chi connectivity index (χ1) is 14.6. The first-order valence-electron chi connectivity index (χ1n) is 9.21. The van der Waals surface area contributed by atoms with E-state index < -0.39 is 0 Å². The molecule has 1 aromatic carbocycles. The van der Waals surface area contributed by atoms with Crippen molar-refractivity contribution in [1.82, 2.24) is 14.6 Å². The van der Waals surface area contributed by atoms with Crippen LogP contribution in [0, 0.1) is 0 Å². The molecular formula is C21H15ClN4O2S2. The maximum atomic E-state index is 13.2. The van der Waals surface area contributed by atoms with E-state index in [1.54, 1.807) is 40.9 Å². The third kappa shape index (κ3) is 3.47. The average Bonchev–Trinajstić information content (AvgIpc) is 3.50. The highest BCUT2D eigenvalue weighted by atomic mass is 35.5. The molecule has 0 aliphatic carbocycles. The Balaban J connectivity index is 1.48. The molecule has 9 heteroatoms.